The molecule has 74 valence electrons. The Morgan fingerprint density at radius 1 is 1.25 bits per heavy atom. The molecule has 0 N–H and O–H groups in total. The van der Waals surface area contributed by atoms with Crippen molar-refractivity contribution in [3.8, 4) is 0 Å². The molecule has 0 heterocycles. The highest BCUT2D eigenvalue weighted by Gasteiger charge is 1.74. The average Bonchev–Trinajstić information content (AvgIpc) is 2.20. The molecule has 0 unspecified atom stereocenters. The van der Waals surface area contributed by atoms with Gasteiger partial charge in [0.15, 0.2) is 0 Å². The van der Waals surface area contributed by atoms with Crippen LogP contribution in [0.1, 0.15) is 41.0 Å². The molecule has 0 aromatic heterocycles. The van der Waals surface area contributed by atoms with E-state index in [4.69, 9.17) is 0 Å². The smallest absolute Gasteiger partial charge is 0.0296 e. The first-order chi connectivity index (χ1) is 5.81. The average molecular weight is 172 g/mol. The zero-order chi connectivity index (χ0) is 10.4. The first-order valence-corrected chi connectivity index (χ1v) is 4.69. The third-order valence-corrected chi connectivity index (χ3v) is 0.711. The van der Waals surface area contributed by atoms with Gasteiger partial charge in [-0.05, 0) is 6.42 Å². The Hall–Kier alpha value is -0.790. The Bertz CT molecular complexity index is 87.8. The molecule has 0 amide bonds. The summed E-state index contributed by atoms with van der Waals surface area (Å²) >= 11 is 0. The lowest BCUT2D eigenvalue weighted by Crippen LogP contribution is -1.99. The van der Waals surface area contributed by atoms with E-state index in [2.05, 4.69) is 11.7 Å². The molecule has 0 radical (unpaired) electrons. The van der Waals surface area contributed by atoms with E-state index < -0.39 is 0 Å². The largest absolute Gasteiger partial charge is 0.277 e. The van der Waals surface area contributed by atoms with Crippen molar-refractivity contribution < 1.29 is 0 Å². The first-order valence-electron chi connectivity index (χ1n) is 4.69. The van der Waals surface area contributed by atoms with Crippen molar-refractivity contribution in [2.75, 3.05) is 7.05 Å². The summed E-state index contributed by atoms with van der Waals surface area (Å²) < 4.78 is 0. The minimum absolute atomic E-state index is 0.970. The summed E-state index contributed by atoms with van der Waals surface area (Å²) in [6.45, 7) is 13.6. The fraction of sp³-hybridized carbons (Fsp3) is 0.700. The van der Waals surface area contributed by atoms with Crippen LogP contribution in [0, 0.1) is 0 Å². The molecule has 12 heavy (non-hydrogen) atoms. The quantitative estimate of drug-likeness (QED) is 0.470. The molecule has 0 saturated heterocycles. The van der Waals surface area contributed by atoms with E-state index in [-0.39, 0.29) is 0 Å². The molecule has 0 bridgehead atoms. The van der Waals surface area contributed by atoms with Gasteiger partial charge in [0.25, 0.3) is 0 Å². The highest BCUT2D eigenvalue weighted by Crippen LogP contribution is 1.80. The highest BCUT2D eigenvalue weighted by molar-refractivity contribution is 5.56. The van der Waals surface area contributed by atoms with Crippen LogP contribution >= 0.6 is 0 Å². The molecule has 0 aromatic carbocycles. The standard InChI is InChI=1S/C6H12N2.2C2H6/c1-4-6-7-8(3)5-2;2*1-2/h5-6H,2,4H2,1,3H3;2*1-2H3/b7-6-;;. The number of rotatable bonds is 3. The van der Waals surface area contributed by atoms with Crippen LogP contribution in [-0.2, 0) is 0 Å². The van der Waals surface area contributed by atoms with Crippen LogP contribution < -0.4 is 0 Å². The van der Waals surface area contributed by atoms with Gasteiger partial charge in [0.2, 0.25) is 0 Å². The topological polar surface area (TPSA) is 15.6 Å². The lowest BCUT2D eigenvalue weighted by Gasteiger charge is -2.01. The van der Waals surface area contributed by atoms with Crippen molar-refractivity contribution in [2.45, 2.75) is 41.0 Å². The second-order valence-electron chi connectivity index (χ2n) is 1.46. The maximum atomic E-state index is 3.95. The van der Waals surface area contributed by atoms with Gasteiger partial charge in [-0.1, -0.05) is 41.2 Å². The van der Waals surface area contributed by atoms with E-state index in [0.29, 0.717) is 0 Å². The Morgan fingerprint density at radius 2 is 1.67 bits per heavy atom. The maximum absolute atomic E-state index is 3.95. The van der Waals surface area contributed by atoms with E-state index in [9.17, 15) is 0 Å². The van der Waals surface area contributed by atoms with Crippen LogP contribution in [0.25, 0.3) is 0 Å². The fourth-order valence-electron chi connectivity index (χ4n) is 0.258. The van der Waals surface area contributed by atoms with Crippen molar-refractivity contribution in [1.29, 1.82) is 0 Å². The van der Waals surface area contributed by atoms with Gasteiger partial charge < -0.3 is 0 Å². The summed E-state index contributed by atoms with van der Waals surface area (Å²) in [5, 5.41) is 5.62. The Kier molecular flexibility index (Phi) is 32.4. The molecule has 0 aliphatic carbocycles. The van der Waals surface area contributed by atoms with Crippen molar-refractivity contribution in [3.63, 3.8) is 0 Å². The van der Waals surface area contributed by atoms with Gasteiger partial charge in [0, 0.05) is 19.5 Å². The minimum atomic E-state index is 0.970. The normalized spacial score (nSPS) is 7.50. The molecule has 0 aliphatic rings. The first kappa shape index (κ1) is 17.3. The van der Waals surface area contributed by atoms with Gasteiger partial charge in [-0.2, -0.15) is 5.10 Å². The van der Waals surface area contributed by atoms with Gasteiger partial charge >= 0.3 is 0 Å². The molecule has 2 heteroatoms. The predicted molar refractivity (Wildman–Crippen MR) is 59.4 cm³/mol. The van der Waals surface area contributed by atoms with Gasteiger partial charge in [0.1, 0.15) is 0 Å². The molecular weight excluding hydrogens is 148 g/mol. The zero-order valence-corrected chi connectivity index (χ0v) is 9.46. The van der Waals surface area contributed by atoms with E-state index in [1.165, 1.54) is 0 Å². The SMILES string of the molecule is C=CN(C)/N=C\CC.CC.CC. The van der Waals surface area contributed by atoms with Crippen LogP contribution in [0.2, 0.25) is 0 Å². The molecule has 0 aliphatic heterocycles. The summed E-state index contributed by atoms with van der Waals surface area (Å²) in [6.07, 6.45) is 4.46. The van der Waals surface area contributed by atoms with Crippen LogP contribution in [0.4, 0.5) is 0 Å². The molecule has 0 aromatic rings. The summed E-state index contributed by atoms with van der Waals surface area (Å²) in [5.74, 6) is 0. The third kappa shape index (κ3) is 22.9. The van der Waals surface area contributed by atoms with Crippen molar-refractivity contribution in [1.82, 2.24) is 5.01 Å². The monoisotopic (exact) mass is 172 g/mol. The number of nitrogens with zero attached hydrogens (tertiary/aromatic N) is 2. The number of hydrazone groups is 1. The van der Waals surface area contributed by atoms with Crippen molar-refractivity contribution in [3.05, 3.63) is 12.8 Å². The van der Waals surface area contributed by atoms with Crippen molar-refractivity contribution in [2.24, 2.45) is 5.10 Å². The number of hydrogen-bond acceptors (Lipinski definition) is 2. The molecule has 0 atom stereocenters. The van der Waals surface area contributed by atoms with Gasteiger partial charge in [0.05, 0.1) is 0 Å². The van der Waals surface area contributed by atoms with Crippen molar-refractivity contribution >= 4 is 6.21 Å². The van der Waals surface area contributed by atoms with Crippen LogP contribution in [-0.4, -0.2) is 18.3 Å². The molecule has 0 fully saturated rings. The number of hydrogen-bond donors (Lipinski definition) is 0. The lowest BCUT2D eigenvalue weighted by atomic mass is 10.6. The van der Waals surface area contributed by atoms with E-state index in [1.807, 2.05) is 47.9 Å². The Morgan fingerprint density at radius 3 is 1.92 bits per heavy atom. The summed E-state index contributed by atoms with van der Waals surface area (Å²) in [6, 6.07) is 0. The molecular formula is C10H24N2. The Labute approximate surface area is 78.0 Å². The fourth-order valence-corrected chi connectivity index (χ4v) is 0.258. The van der Waals surface area contributed by atoms with E-state index in [0.717, 1.165) is 6.42 Å². The zero-order valence-electron chi connectivity index (χ0n) is 9.46. The Balaban J connectivity index is -0.000000175. The summed E-state index contributed by atoms with van der Waals surface area (Å²) in [4.78, 5) is 0. The highest BCUT2D eigenvalue weighted by atomic mass is 15.4. The maximum Gasteiger partial charge on any atom is 0.0296 e. The molecule has 0 saturated carbocycles. The van der Waals surface area contributed by atoms with Crippen LogP contribution in [0.15, 0.2) is 17.9 Å². The summed E-state index contributed by atoms with van der Waals surface area (Å²) in [5.41, 5.74) is 0. The lowest BCUT2D eigenvalue weighted by molar-refractivity contribution is 0.493. The second-order valence-corrected chi connectivity index (χ2v) is 1.46. The van der Waals surface area contributed by atoms with E-state index in [1.54, 1.807) is 11.2 Å². The van der Waals surface area contributed by atoms with Gasteiger partial charge in [-0.3, -0.25) is 5.01 Å². The molecule has 0 rings (SSSR count). The predicted octanol–water partition coefficient (Wildman–Crippen LogP) is 3.51. The van der Waals surface area contributed by atoms with E-state index >= 15 is 0 Å². The second kappa shape index (κ2) is 22.5. The van der Waals surface area contributed by atoms with Gasteiger partial charge in [-0.25, -0.2) is 0 Å². The third-order valence-electron chi connectivity index (χ3n) is 0.711. The summed E-state index contributed by atoms with van der Waals surface area (Å²) in [7, 11) is 1.85. The molecule has 0 spiro atoms. The van der Waals surface area contributed by atoms with Gasteiger partial charge in [-0.15, -0.1) is 0 Å². The molecule has 2 nitrogen and oxygen atoms in total. The van der Waals surface area contributed by atoms with Crippen LogP contribution in [0.5, 0.6) is 0 Å². The minimum Gasteiger partial charge on any atom is -0.277 e. The van der Waals surface area contributed by atoms with Crippen LogP contribution in [0.3, 0.4) is 0 Å².